The second kappa shape index (κ2) is 9.07. The van der Waals surface area contributed by atoms with Crippen molar-refractivity contribution in [1.82, 2.24) is 4.90 Å². The lowest BCUT2D eigenvalue weighted by molar-refractivity contribution is 0.437. The Morgan fingerprint density at radius 2 is 1.70 bits per heavy atom. The fraction of sp³-hybridized carbons (Fsp3) is 0.458. The highest BCUT2D eigenvalue weighted by molar-refractivity contribution is 5.88. The molecule has 27 heavy (non-hydrogen) atoms. The maximum absolute atomic E-state index is 4.85. The largest absolute Gasteiger partial charge is 0.359 e. The molecule has 0 saturated carbocycles. The number of aliphatic imine (C=N–C) groups is 1. The predicted octanol–water partition coefficient (Wildman–Crippen LogP) is 5.13. The molecule has 3 rings (SSSR count). The first-order valence-corrected chi connectivity index (χ1v) is 10.2. The van der Waals surface area contributed by atoms with Crippen molar-refractivity contribution >= 4 is 11.5 Å². The highest BCUT2D eigenvalue weighted by atomic mass is 15.3. The molecule has 0 saturated heterocycles. The van der Waals surface area contributed by atoms with Crippen LogP contribution in [0.4, 0.5) is 5.69 Å². The Labute approximate surface area is 164 Å². The molecule has 0 N–H and O–H groups in total. The normalized spacial score (nSPS) is 13.8. The van der Waals surface area contributed by atoms with Crippen LogP contribution in [0.2, 0.25) is 0 Å². The van der Waals surface area contributed by atoms with E-state index in [4.69, 9.17) is 4.99 Å². The average molecular weight is 364 g/mol. The third-order valence-electron chi connectivity index (χ3n) is 5.31. The molecule has 1 heterocycles. The highest BCUT2D eigenvalue weighted by Crippen LogP contribution is 2.28. The van der Waals surface area contributed by atoms with Gasteiger partial charge in [0.15, 0.2) is 0 Å². The van der Waals surface area contributed by atoms with E-state index >= 15 is 0 Å². The van der Waals surface area contributed by atoms with Gasteiger partial charge >= 0.3 is 0 Å². The van der Waals surface area contributed by atoms with Gasteiger partial charge < -0.3 is 9.80 Å². The minimum Gasteiger partial charge on any atom is -0.359 e. The second-order valence-corrected chi connectivity index (χ2v) is 7.73. The van der Waals surface area contributed by atoms with Gasteiger partial charge in [0.2, 0.25) is 0 Å². The molecule has 144 valence electrons. The molecule has 1 aliphatic rings. The monoisotopic (exact) mass is 363 g/mol. The Morgan fingerprint density at radius 1 is 1.00 bits per heavy atom. The minimum atomic E-state index is 0.878. The fourth-order valence-corrected chi connectivity index (χ4v) is 4.13. The SMILES string of the molecule is CCCCN1CCN=C1CN(Cc1ccccc1)c1c(C)cc(C)cc1C. The summed E-state index contributed by atoms with van der Waals surface area (Å²) < 4.78 is 0. The van der Waals surface area contributed by atoms with E-state index in [1.54, 1.807) is 0 Å². The van der Waals surface area contributed by atoms with Gasteiger partial charge in [-0.15, -0.1) is 0 Å². The van der Waals surface area contributed by atoms with Crippen LogP contribution < -0.4 is 4.90 Å². The summed E-state index contributed by atoms with van der Waals surface area (Å²) in [5.74, 6) is 1.25. The molecule has 0 bridgehead atoms. The minimum absolute atomic E-state index is 0.878. The molecule has 0 amide bonds. The highest BCUT2D eigenvalue weighted by Gasteiger charge is 2.21. The standard InChI is InChI=1S/C24H33N3/c1-5-6-13-26-14-12-25-23(26)18-27(17-22-10-8-7-9-11-22)24-20(3)15-19(2)16-21(24)4/h7-11,15-16H,5-6,12-14,17-18H2,1-4H3. The molecule has 0 aromatic heterocycles. The van der Waals surface area contributed by atoms with Gasteiger partial charge in [0.25, 0.3) is 0 Å². The van der Waals surface area contributed by atoms with Crippen molar-refractivity contribution in [2.45, 2.75) is 47.1 Å². The number of anilines is 1. The van der Waals surface area contributed by atoms with E-state index in [1.165, 1.54) is 46.6 Å². The first-order chi connectivity index (χ1) is 13.1. The summed E-state index contributed by atoms with van der Waals surface area (Å²) in [6.07, 6.45) is 2.47. The van der Waals surface area contributed by atoms with Gasteiger partial charge in [0.1, 0.15) is 5.84 Å². The third kappa shape index (κ3) is 4.91. The molecule has 2 aromatic rings. The molecule has 2 aromatic carbocycles. The molecule has 0 aliphatic carbocycles. The number of unbranched alkanes of at least 4 members (excludes halogenated alkanes) is 1. The van der Waals surface area contributed by atoms with E-state index in [2.05, 4.69) is 80.0 Å². The van der Waals surface area contributed by atoms with Crippen LogP contribution in [0.3, 0.4) is 0 Å². The van der Waals surface area contributed by atoms with Gasteiger partial charge in [-0.2, -0.15) is 0 Å². The van der Waals surface area contributed by atoms with E-state index in [9.17, 15) is 0 Å². The Bertz CT molecular complexity index is 756. The third-order valence-corrected chi connectivity index (χ3v) is 5.31. The molecule has 0 radical (unpaired) electrons. The lowest BCUT2D eigenvalue weighted by Crippen LogP contribution is -2.39. The Morgan fingerprint density at radius 3 is 2.37 bits per heavy atom. The van der Waals surface area contributed by atoms with Gasteiger partial charge in [-0.1, -0.05) is 61.4 Å². The summed E-state index contributed by atoms with van der Waals surface area (Å²) >= 11 is 0. The summed E-state index contributed by atoms with van der Waals surface area (Å²) in [7, 11) is 0. The first kappa shape index (κ1) is 19.5. The molecule has 0 fully saturated rings. The van der Waals surface area contributed by atoms with Crippen LogP contribution in [-0.4, -0.2) is 36.9 Å². The lowest BCUT2D eigenvalue weighted by Gasteiger charge is -2.31. The number of rotatable bonds is 8. The van der Waals surface area contributed by atoms with Crippen LogP contribution >= 0.6 is 0 Å². The number of benzene rings is 2. The van der Waals surface area contributed by atoms with Crippen molar-refractivity contribution in [3.8, 4) is 0 Å². The van der Waals surface area contributed by atoms with E-state index in [0.29, 0.717) is 0 Å². The lowest BCUT2D eigenvalue weighted by atomic mass is 10.0. The van der Waals surface area contributed by atoms with E-state index in [0.717, 1.165) is 32.7 Å². The summed E-state index contributed by atoms with van der Waals surface area (Å²) in [5, 5.41) is 0. The van der Waals surface area contributed by atoms with Gasteiger partial charge in [-0.25, -0.2) is 0 Å². The number of hydrogen-bond donors (Lipinski definition) is 0. The molecule has 1 aliphatic heterocycles. The first-order valence-electron chi connectivity index (χ1n) is 10.2. The Hall–Kier alpha value is -2.29. The topological polar surface area (TPSA) is 18.8 Å². The summed E-state index contributed by atoms with van der Waals surface area (Å²) in [4.78, 5) is 9.86. The van der Waals surface area contributed by atoms with Crippen molar-refractivity contribution in [3.63, 3.8) is 0 Å². The summed E-state index contributed by atoms with van der Waals surface area (Å²) in [5.41, 5.74) is 6.73. The van der Waals surface area contributed by atoms with Crippen LogP contribution in [-0.2, 0) is 6.54 Å². The van der Waals surface area contributed by atoms with E-state index < -0.39 is 0 Å². The van der Waals surface area contributed by atoms with Crippen molar-refractivity contribution in [2.75, 3.05) is 31.1 Å². The predicted molar refractivity (Wildman–Crippen MR) is 117 cm³/mol. The quantitative estimate of drug-likeness (QED) is 0.647. The number of amidine groups is 1. The molecule has 0 spiro atoms. The van der Waals surface area contributed by atoms with Crippen molar-refractivity contribution in [2.24, 2.45) is 4.99 Å². The molecule has 0 unspecified atom stereocenters. The van der Waals surface area contributed by atoms with E-state index in [1.807, 2.05) is 0 Å². The Kier molecular flexibility index (Phi) is 6.54. The molecule has 3 heteroatoms. The van der Waals surface area contributed by atoms with Crippen LogP contribution in [0.25, 0.3) is 0 Å². The number of nitrogens with zero attached hydrogens (tertiary/aromatic N) is 3. The average Bonchev–Trinajstić information content (AvgIpc) is 3.07. The van der Waals surface area contributed by atoms with E-state index in [-0.39, 0.29) is 0 Å². The van der Waals surface area contributed by atoms with Crippen molar-refractivity contribution in [1.29, 1.82) is 0 Å². The maximum Gasteiger partial charge on any atom is 0.119 e. The van der Waals surface area contributed by atoms with Gasteiger partial charge in [-0.05, 0) is 43.9 Å². The molecule has 0 atom stereocenters. The van der Waals surface area contributed by atoms with Crippen LogP contribution in [0.15, 0.2) is 47.5 Å². The van der Waals surface area contributed by atoms with Crippen molar-refractivity contribution < 1.29 is 0 Å². The molecule has 3 nitrogen and oxygen atoms in total. The van der Waals surface area contributed by atoms with Gasteiger partial charge in [0.05, 0.1) is 13.1 Å². The van der Waals surface area contributed by atoms with Gasteiger partial charge in [-0.3, -0.25) is 4.99 Å². The Balaban J connectivity index is 1.89. The zero-order valence-corrected chi connectivity index (χ0v) is 17.3. The zero-order valence-electron chi connectivity index (χ0n) is 17.3. The molecular formula is C24H33N3. The van der Waals surface area contributed by atoms with Gasteiger partial charge in [0, 0.05) is 25.3 Å². The van der Waals surface area contributed by atoms with Crippen LogP contribution in [0, 0.1) is 20.8 Å². The van der Waals surface area contributed by atoms with Crippen LogP contribution in [0.5, 0.6) is 0 Å². The molecular weight excluding hydrogens is 330 g/mol. The summed E-state index contributed by atoms with van der Waals surface area (Å²) in [6, 6.07) is 15.4. The second-order valence-electron chi connectivity index (χ2n) is 7.73. The smallest absolute Gasteiger partial charge is 0.119 e. The number of hydrogen-bond acceptors (Lipinski definition) is 3. The number of aryl methyl sites for hydroxylation is 3. The van der Waals surface area contributed by atoms with Crippen molar-refractivity contribution in [3.05, 3.63) is 64.7 Å². The van der Waals surface area contributed by atoms with Crippen LogP contribution in [0.1, 0.15) is 42.0 Å². The summed E-state index contributed by atoms with van der Waals surface area (Å²) in [6.45, 7) is 13.8. The fourth-order valence-electron chi connectivity index (χ4n) is 4.13. The maximum atomic E-state index is 4.85. The zero-order chi connectivity index (χ0) is 19.2.